The third-order valence-electron chi connectivity index (χ3n) is 5.04. The molecule has 0 aromatic carbocycles. The van der Waals surface area contributed by atoms with Crippen LogP contribution in [0.5, 0.6) is 0 Å². The highest BCUT2D eigenvalue weighted by Gasteiger charge is 2.26. The molecule has 0 bridgehead atoms. The van der Waals surface area contributed by atoms with Crippen LogP contribution in [-0.4, -0.2) is 31.7 Å². The number of hydrogen-bond acceptors (Lipinski definition) is 3. The third kappa shape index (κ3) is 5.95. The molecular formula is C17H32N2O2. The summed E-state index contributed by atoms with van der Waals surface area (Å²) in [5.41, 5.74) is 5.63. The van der Waals surface area contributed by atoms with Crippen LogP contribution in [0.4, 0.5) is 0 Å². The Morgan fingerprint density at radius 2 is 1.90 bits per heavy atom. The van der Waals surface area contributed by atoms with E-state index < -0.39 is 0 Å². The molecule has 0 aromatic heterocycles. The second-order valence-corrected chi connectivity index (χ2v) is 6.73. The Balaban J connectivity index is 1.58. The SMILES string of the molecule is NCCC1CCCC(C(=O)NCCOC2CCCCC2)C1. The van der Waals surface area contributed by atoms with E-state index in [2.05, 4.69) is 5.32 Å². The van der Waals surface area contributed by atoms with Crippen LogP contribution in [0.1, 0.15) is 64.2 Å². The Morgan fingerprint density at radius 3 is 2.67 bits per heavy atom. The summed E-state index contributed by atoms with van der Waals surface area (Å²) in [6, 6.07) is 0. The number of amides is 1. The summed E-state index contributed by atoms with van der Waals surface area (Å²) in [6.45, 7) is 2.07. The maximum Gasteiger partial charge on any atom is 0.223 e. The number of rotatable bonds is 7. The fraction of sp³-hybridized carbons (Fsp3) is 0.941. The van der Waals surface area contributed by atoms with Gasteiger partial charge in [-0.15, -0.1) is 0 Å². The topological polar surface area (TPSA) is 64.4 Å². The number of carbonyl (C=O) groups is 1. The summed E-state index contributed by atoms with van der Waals surface area (Å²) in [5.74, 6) is 1.08. The minimum absolute atomic E-state index is 0.199. The van der Waals surface area contributed by atoms with Crippen LogP contribution in [0.3, 0.4) is 0 Å². The van der Waals surface area contributed by atoms with Gasteiger partial charge in [-0.2, -0.15) is 0 Å². The van der Waals surface area contributed by atoms with Crippen LogP contribution in [0.2, 0.25) is 0 Å². The average molecular weight is 296 g/mol. The lowest BCUT2D eigenvalue weighted by Gasteiger charge is -2.28. The van der Waals surface area contributed by atoms with E-state index in [0.29, 0.717) is 25.2 Å². The van der Waals surface area contributed by atoms with E-state index in [1.165, 1.54) is 44.9 Å². The lowest BCUT2D eigenvalue weighted by Crippen LogP contribution is -2.36. The van der Waals surface area contributed by atoms with Gasteiger partial charge >= 0.3 is 0 Å². The third-order valence-corrected chi connectivity index (χ3v) is 5.04. The van der Waals surface area contributed by atoms with Gasteiger partial charge < -0.3 is 15.8 Å². The van der Waals surface area contributed by atoms with E-state index in [4.69, 9.17) is 10.5 Å². The molecule has 0 aromatic rings. The molecule has 4 nitrogen and oxygen atoms in total. The molecule has 122 valence electrons. The summed E-state index contributed by atoms with van der Waals surface area (Å²) in [5, 5.41) is 3.06. The molecule has 0 radical (unpaired) electrons. The molecule has 2 saturated carbocycles. The van der Waals surface area contributed by atoms with E-state index in [-0.39, 0.29) is 11.8 Å². The average Bonchev–Trinajstić information content (AvgIpc) is 2.53. The monoisotopic (exact) mass is 296 g/mol. The molecule has 2 fully saturated rings. The van der Waals surface area contributed by atoms with Crippen LogP contribution in [0.15, 0.2) is 0 Å². The van der Waals surface area contributed by atoms with Crippen molar-refractivity contribution in [1.29, 1.82) is 0 Å². The fourth-order valence-corrected chi connectivity index (χ4v) is 3.80. The predicted octanol–water partition coefficient (Wildman–Crippen LogP) is 2.61. The Morgan fingerprint density at radius 1 is 1.10 bits per heavy atom. The maximum atomic E-state index is 12.2. The van der Waals surface area contributed by atoms with Crippen LogP contribution in [-0.2, 0) is 9.53 Å². The van der Waals surface area contributed by atoms with Crippen LogP contribution < -0.4 is 11.1 Å². The molecule has 0 heterocycles. The molecular weight excluding hydrogens is 264 g/mol. The number of nitrogens with one attached hydrogen (secondary N) is 1. The van der Waals surface area contributed by atoms with Gasteiger partial charge in [0.25, 0.3) is 0 Å². The lowest BCUT2D eigenvalue weighted by molar-refractivity contribution is -0.126. The second kappa shape index (κ2) is 9.42. The largest absolute Gasteiger partial charge is 0.376 e. The number of nitrogens with two attached hydrogens (primary N) is 1. The summed E-state index contributed by atoms with van der Waals surface area (Å²) in [6.07, 6.45) is 12.3. The molecule has 2 atom stereocenters. The molecule has 0 aliphatic heterocycles. The van der Waals surface area contributed by atoms with Crippen molar-refractivity contribution >= 4 is 5.91 Å². The van der Waals surface area contributed by atoms with E-state index in [9.17, 15) is 4.79 Å². The van der Waals surface area contributed by atoms with Crippen molar-refractivity contribution in [3.05, 3.63) is 0 Å². The Bertz CT molecular complexity index is 301. The number of hydrogen-bond donors (Lipinski definition) is 2. The van der Waals surface area contributed by atoms with Crippen molar-refractivity contribution in [3.8, 4) is 0 Å². The Kier molecular flexibility index (Phi) is 7.51. The van der Waals surface area contributed by atoms with Crippen molar-refractivity contribution in [2.45, 2.75) is 70.3 Å². The maximum absolute atomic E-state index is 12.2. The van der Waals surface area contributed by atoms with Gasteiger partial charge in [-0.3, -0.25) is 4.79 Å². The summed E-state index contributed by atoms with van der Waals surface area (Å²) in [7, 11) is 0. The molecule has 3 N–H and O–H groups in total. The van der Waals surface area contributed by atoms with Gasteiger partial charge in [0.1, 0.15) is 0 Å². The van der Waals surface area contributed by atoms with Crippen LogP contribution >= 0.6 is 0 Å². The minimum Gasteiger partial charge on any atom is -0.376 e. The molecule has 1 amide bonds. The summed E-state index contributed by atoms with van der Waals surface area (Å²) < 4.78 is 5.85. The van der Waals surface area contributed by atoms with Gasteiger partial charge in [0, 0.05) is 12.5 Å². The Hall–Kier alpha value is -0.610. The van der Waals surface area contributed by atoms with Gasteiger partial charge in [-0.25, -0.2) is 0 Å². The highest BCUT2D eigenvalue weighted by Crippen LogP contribution is 2.30. The van der Waals surface area contributed by atoms with Crippen molar-refractivity contribution in [2.24, 2.45) is 17.6 Å². The van der Waals surface area contributed by atoms with Crippen molar-refractivity contribution in [2.75, 3.05) is 19.7 Å². The standard InChI is InChI=1S/C17H32N2O2/c18-10-9-14-5-4-6-15(13-14)17(20)19-11-12-21-16-7-2-1-3-8-16/h14-16H,1-13,18H2,(H,19,20). The summed E-state index contributed by atoms with van der Waals surface area (Å²) >= 11 is 0. The van der Waals surface area contributed by atoms with Crippen molar-refractivity contribution < 1.29 is 9.53 Å². The van der Waals surface area contributed by atoms with Gasteiger partial charge in [0.05, 0.1) is 12.7 Å². The van der Waals surface area contributed by atoms with Crippen LogP contribution in [0.25, 0.3) is 0 Å². The summed E-state index contributed by atoms with van der Waals surface area (Å²) in [4.78, 5) is 12.2. The van der Waals surface area contributed by atoms with E-state index in [0.717, 1.165) is 25.8 Å². The first kappa shape index (κ1) is 16.8. The smallest absolute Gasteiger partial charge is 0.223 e. The zero-order valence-corrected chi connectivity index (χ0v) is 13.3. The number of ether oxygens (including phenoxy) is 1. The van der Waals surface area contributed by atoms with Gasteiger partial charge in [0.15, 0.2) is 0 Å². The molecule has 2 aliphatic rings. The van der Waals surface area contributed by atoms with E-state index >= 15 is 0 Å². The van der Waals surface area contributed by atoms with Gasteiger partial charge in [-0.1, -0.05) is 32.1 Å². The molecule has 4 heteroatoms. The molecule has 0 spiro atoms. The lowest BCUT2D eigenvalue weighted by atomic mass is 9.79. The van der Waals surface area contributed by atoms with Gasteiger partial charge in [0.2, 0.25) is 5.91 Å². The quantitative estimate of drug-likeness (QED) is 0.710. The van der Waals surface area contributed by atoms with E-state index in [1.54, 1.807) is 0 Å². The van der Waals surface area contributed by atoms with Crippen molar-refractivity contribution in [1.82, 2.24) is 5.32 Å². The first-order valence-corrected chi connectivity index (χ1v) is 8.89. The minimum atomic E-state index is 0.199. The predicted molar refractivity (Wildman–Crippen MR) is 85.0 cm³/mol. The zero-order chi connectivity index (χ0) is 14.9. The first-order valence-electron chi connectivity index (χ1n) is 8.89. The highest BCUT2D eigenvalue weighted by atomic mass is 16.5. The van der Waals surface area contributed by atoms with Gasteiger partial charge in [-0.05, 0) is 44.6 Å². The molecule has 2 rings (SSSR count). The fourth-order valence-electron chi connectivity index (χ4n) is 3.80. The molecule has 21 heavy (non-hydrogen) atoms. The Labute approximate surface area is 129 Å². The van der Waals surface area contributed by atoms with Crippen molar-refractivity contribution in [3.63, 3.8) is 0 Å². The second-order valence-electron chi connectivity index (χ2n) is 6.73. The normalized spacial score (nSPS) is 27.5. The zero-order valence-electron chi connectivity index (χ0n) is 13.3. The molecule has 0 saturated heterocycles. The molecule has 2 unspecified atom stereocenters. The highest BCUT2D eigenvalue weighted by molar-refractivity contribution is 5.78. The van der Waals surface area contributed by atoms with E-state index in [1.807, 2.05) is 0 Å². The number of carbonyl (C=O) groups excluding carboxylic acids is 1. The molecule has 2 aliphatic carbocycles. The first-order chi connectivity index (χ1) is 10.3. The van der Waals surface area contributed by atoms with Crippen LogP contribution in [0, 0.1) is 11.8 Å².